The lowest BCUT2D eigenvalue weighted by atomic mass is 9.93. The van der Waals surface area contributed by atoms with Crippen molar-refractivity contribution < 1.29 is 10.0 Å². The van der Waals surface area contributed by atoms with Crippen LogP contribution in [0.4, 0.5) is 5.82 Å². The quantitative estimate of drug-likeness (QED) is 0.574. The van der Waals surface area contributed by atoms with Crippen LogP contribution in [0, 0.1) is 10.1 Å². The van der Waals surface area contributed by atoms with Crippen molar-refractivity contribution in [3.8, 4) is 0 Å². The van der Waals surface area contributed by atoms with Crippen molar-refractivity contribution in [2.45, 2.75) is 37.8 Å². The van der Waals surface area contributed by atoms with E-state index in [1.807, 2.05) is 0 Å². The van der Waals surface area contributed by atoms with Crippen molar-refractivity contribution in [3.63, 3.8) is 0 Å². The number of aliphatic hydroxyl groups is 1. The van der Waals surface area contributed by atoms with E-state index in [0.29, 0.717) is 0 Å². The van der Waals surface area contributed by atoms with Gasteiger partial charge in [-0.05, 0) is 17.8 Å². The van der Waals surface area contributed by atoms with Crippen LogP contribution in [0.3, 0.4) is 0 Å². The molecule has 0 radical (unpaired) electrons. The minimum Gasteiger partial charge on any atom is -0.391 e. The second-order valence-corrected chi connectivity index (χ2v) is 3.73. The Hall–Kier alpha value is -1.50. The van der Waals surface area contributed by atoms with Gasteiger partial charge in [-0.3, -0.25) is 0 Å². The standard InChI is InChI=1S/C8H12N4O3/c13-7-4-2-1-3-6(7)11-5-8(9-10-11)12(14)15/h5-7,13H,1-4H2. The van der Waals surface area contributed by atoms with Gasteiger partial charge in [-0.1, -0.05) is 12.8 Å². The summed E-state index contributed by atoms with van der Waals surface area (Å²) in [5.41, 5.74) is 0. The molecule has 1 aliphatic carbocycles. The molecule has 7 heteroatoms. The van der Waals surface area contributed by atoms with Gasteiger partial charge in [0.15, 0.2) is 0 Å². The third-order valence-corrected chi connectivity index (χ3v) is 2.72. The highest BCUT2D eigenvalue weighted by Gasteiger charge is 2.27. The van der Waals surface area contributed by atoms with Crippen molar-refractivity contribution in [1.29, 1.82) is 0 Å². The van der Waals surface area contributed by atoms with E-state index in [-0.39, 0.29) is 11.9 Å². The first-order chi connectivity index (χ1) is 7.18. The second-order valence-electron chi connectivity index (χ2n) is 3.73. The Labute approximate surface area is 85.9 Å². The maximum Gasteiger partial charge on any atom is 0.410 e. The lowest BCUT2D eigenvalue weighted by Gasteiger charge is -2.26. The molecule has 15 heavy (non-hydrogen) atoms. The van der Waals surface area contributed by atoms with E-state index in [2.05, 4.69) is 10.3 Å². The fraction of sp³-hybridized carbons (Fsp3) is 0.750. The molecule has 0 aliphatic heterocycles. The molecule has 7 nitrogen and oxygen atoms in total. The van der Waals surface area contributed by atoms with Gasteiger partial charge < -0.3 is 15.2 Å². The zero-order valence-electron chi connectivity index (χ0n) is 8.11. The van der Waals surface area contributed by atoms with Gasteiger partial charge in [-0.2, -0.15) is 0 Å². The molecule has 0 aromatic carbocycles. The third-order valence-electron chi connectivity index (χ3n) is 2.72. The molecule has 0 bridgehead atoms. The van der Waals surface area contributed by atoms with Gasteiger partial charge in [0.1, 0.15) is 11.3 Å². The lowest BCUT2D eigenvalue weighted by molar-refractivity contribution is -0.389. The van der Waals surface area contributed by atoms with Crippen LogP contribution in [-0.2, 0) is 0 Å². The Morgan fingerprint density at radius 3 is 2.87 bits per heavy atom. The minimum absolute atomic E-state index is 0.167. The molecule has 1 N–H and O–H groups in total. The Bertz CT molecular complexity index is 365. The maximum atomic E-state index is 10.4. The molecule has 1 saturated carbocycles. The van der Waals surface area contributed by atoms with E-state index in [1.165, 1.54) is 10.9 Å². The summed E-state index contributed by atoms with van der Waals surface area (Å²) in [4.78, 5) is 9.82. The number of rotatable bonds is 2. The second kappa shape index (κ2) is 3.93. The average Bonchev–Trinajstić information content (AvgIpc) is 2.67. The molecule has 82 valence electrons. The van der Waals surface area contributed by atoms with E-state index in [1.54, 1.807) is 0 Å². The largest absolute Gasteiger partial charge is 0.410 e. The van der Waals surface area contributed by atoms with Crippen LogP contribution >= 0.6 is 0 Å². The van der Waals surface area contributed by atoms with Crippen LogP contribution in [0.2, 0.25) is 0 Å². The maximum absolute atomic E-state index is 10.4. The number of aromatic nitrogens is 3. The molecule has 1 heterocycles. The predicted molar refractivity (Wildman–Crippen MR) is 50.2 cm³/mol. The number of hydrogen-bond donors (Lipinski definition) is 1. The molecular formula is C8H12N4O3. The van der Waals surface area contributed by atoms with Crippen molar-refractivity contribution in [2.24, 2.45) is 0 Å². The first-order valence-corrected chi connectivity index (χ1v) is 4.93. The Morgan fingerprint density at radius 2 is 2.27 bits per heavy atom. The highest BCUT2D eigenvalue weighted by atomic mass is 16.6. The molecule has 1 aromatic rings. The first-order valence-electron chi connectivity index (χ1n) is 4.93. The monoisotopic (exact) mass is 212 g/mol. The predicted octanol–water partition coefficient (Wildman–Crippen LogP) is 0.662. The van der Waals surface area contributed by atoms with Gasteiger partial charge in [0, 0.05) is 0 Å². The smallest absolute Gasteiger partial charge is 0.391 e. The van der Waals surface area contributed by atoms with E-state index in [9.17, 15) is 15.2 Å². The number of hydrogen-bond acceptors (Lipinski definition) is 5. The average molecular weight is 212 g/mol. The van der Waals surface area contributed by atoms with E-state index in [4.69, 9.17) is 0 Å². The summed E-state index contributed by atoms with van der Waals surface area (Å²) < 4.78 is 1.40. The van der Waals surface area contributed by atoms with Gasteiger partial charge in [0.2, 0.25) is 0 Å². The molecule has 0 spiro atoms. The highest BCUT2D eigenvalue weighted by molar-refractivity contribution is 5.09. The third kappa shape index (κ3) is 1.96. The molecule has 2 atom stereocenters. The van der Waals surface area contributed by atoms with Crippen molar-refractivity contribution in [2.75, 3.05) is 0 Å². The summed E-state index contributed by atoms with van der Waals surface area (Å²) in [6.45, 7) is 0. The molecule has 1 fully saturated rings. The van der Waals surface area contributed by atoms with Gasteiger partial charge in [-0.25, -0.2) is 4.68 Å². The van der Waals surface area contributed by atoms with Crippen LogP contribution < -0.4 is 0 Å². The summed E-state index contributed by atoms with van der Waals surface area (Å²) >= 11 is 0. The molecule has 1 aromatic heterocycles. The van der Waals surface area contributed by atoms with Crippen LogP contribution in [-0.4, -0.2) is 31.1 Å². The number of nitro groups is 1. The summed E-state index contributed by atoms with van der Waals surface area (Å²) in [6.07, 6.45) is 4.32. The van der Waals surface area contributed by atoms with Crippen LogP contribution in [0.25, 0.3) is 0 Å². The molecule has 1 aliphatic rings. The Balaban J connectivity index is 2.17. The van der Waals surface area contributed by atoms with Crippen LogP contribution in [0.1, 0.15) is 31.7 Å². The van der Waals surface area contributed by atoms with Gasteiger partial charge >= 0.3 is 5.82 Å². The fourth-order valence-corrected chi connectivity index (χ4v) is 1.91. The zero-order chi connectivity index (χ0) is 10.8. The molecular weight excluding hydrogens is 200 g/mol. The van der Waals surface area contributed by atoms with Crippen molar-refractivity contribution >= 4 is 5.82 Å². The van der Waals surface area contributed by atoms with Gasteiger partial charge in [0.05, 0.1) is 17.4 Å². The summed E-state index contributed by atoms with van der Waals surface area (Å²) in [7, 11) is 0. The molecule has 2 unspecified atom stereocenters. The zero-order valence-corrected chi connectivity index (χ0v) is 8.11. The number of aliphatic hydroxyl groups excluding tert-OH is 1. The van der Waals surface area contributed by atoms with E-state index >= 15 is 0 Å². The summed E-state index contributed by atoms with van der Waals surface area (Å²) in [5.74, 6) is -0.271. The topological polar surface area (TPSA) is 94.1 Å². The minimum atomic E-state index is -0.585. The summed E-state index contributed by atoms with van der Waals surface area (Å²) in [5, 5.41) is 27.2. The SMILES string of the molecule is O=[N+]([O-])c1cn(C2CCCCC2O)nn1. The Kier molecular flexibility index (Phi) is 2.63. The molecule has 0 amide bonds. The lowest BCUT2D eigenvalue weighted by Crippen LogP contribution is -2.27. The van der Waals surface area contributed by atoms with Crippen LogP contribution in [0.5, 0.6) is 0 Å². The Morgan fingerprint density at radius 1 is 1.53 bits per heavy atom. The van der Waals surface area contributed by atoms with Crippen LogP contribution in [0.15, 0.2) is 6.20 Å². The first kappa shape index (κ1) is 10.0. The van der Waals surface area contributed by atoms with Gasteiger partial charge in [-0.15, -0.1) is 0 Å². The molecule has 0 saturated heterocycles. The summed E-state index contributed by atoms with van der Waals surface area (Å²) in [6, 6.07) is -0.167. The number of nitrogens with zero attached hydrogens (tertiary/aromatic N) is 4. The van der Waals surface area contributed by atoms with E-state index < -0.39 is 11.0 Å². The van der Waals surface area contributed by atoms with Crippen molar-refractivity contribution in [1.82, 2.24) is 15.0 Å². The fourth-order valence-electron chi connectivity index (χ4n) is 1.91. The molecule has 2 rings (SSSR count). The van der Waals surface area contributed by atoms with Crippen molar-refractivity contribution in [3.05, 3.63) is 16.3 Å². The van der Waals surface area contributed by atoms with E-state index in [0.717, 1.165) is 25.7 Å². The highest BCUT2D eigenvalue weighted by Crippen LogP contribution is 2.28. The normalized spacial score (nSPS) is 26.5. The van der Waals surface area contributed by atoms with Gasteiger partial charge in [0.25, 0.3) is 0 Å².